The molecule has 0 unspecified atom stereocenters. The Balaban J connectivity index is 1.72. The molecule has 1 N–H and O–H groups in total. The topological polar surface area (TPSA) is 94.1 Å². The number of rotatable bonds is 6. The molecule has 8 nitrogen and oxygen atoms in total. The van der Waals surface area contributed by atoms with Crippen LogP contribution in [0.15, 0.2) is 47.5 Å². The summed E-state index contributed by atoms with van der Waals surface area (Å²) in [6, 6.07) is 10.2. The van der Waals surface area contributed by atoms with Crippen LogP contribution in [0.3, 0.4) is 0 Å². The fraction of sp³-hybridized carbons (Fsp3) is 0.368. The lowest BCUT2D eigenvalue weighted by atomic mass is 10.2. The van der Waals surface area contributed by atoms with Crippen LogP contribution in [0.2, 0.25) is 0 Å². The van der Waals surface area contributed by atoms with E-state index in [1.54, 1.807) is 30.5 Å². The number of hydrogen-bond acceptors (Lipinski definition) is 6. The highest BCUT2D eigenvalue weighted by Crippen LogP contribution is 2.23. The van der Waals surface area contributed by atoms with E-state index in [-0.39, 0.29) is 5.56 Å². The van der Waals surface area contributed by atoms with Gasteiger partial charge in [-0.2, -0.15) is 0 Å². The highest BCUT2D eigenvalue weighted by atomic mass is 32.2. The highest BCUT2D eigenvalue weighted by molar-refractivity contribution is 7.89. The lowest BCUT2D eigenvalue weighted by Gasteiger charge is -2.36. The number of sulfonamides is 1. The molecular weight excluding hydrogens is 380 g/mol. The molecule has 0 saturated carbocycles. The Morgan fingerprint density at radius 1 is 1.11 bits per heavy atom. The maximum Gasteiger partial charge on any atom is 0.339 e. The number of benzene rings is 1. The quantitative estimate of drug-likeness (QED) is 0.777. The van der Waals surface area contributed by atoms with Crippen molar-refractivity contribution >= 4 is 21.8 Å². The van der Waals surface area contributed by atoms with Crippen LogP contribution >= 0.6 is 0 Å². The molecule has 1 aromatic heterocycles. The van der Waals surface area contributed by atoms with Gasteiger partial charge in [0.25, 0.3) is 0 Å². The van der Waals surface area contributed by atoms with E-state index >= 15 is 0 Å². The van der Waals surface area contributed by atoms with Crippen LogP contribution in [0, 0.1) is 0 Å². The Labute approximate surface area is 165 Å². The van der Waals surface area contributed by atoms with Gasteiger partial charge in [-0.3, -0.25) is 4.90 Å². The molecule has 1 aromatic carbocycles. The molecule has 0 spiro atoms. The van der Waals surface area contributed by atoms with Gasteiger partial charge in [0, 0.05) is 53.0 Å². The third kappa shape index (κ3) is 4.16. The monoisotopic (exact) mass is 404 g/mol. The van der Waals surface area contributed by atoms with Gasteiger partial charge in [0.2, 0.25) is 10.0 Å². The molecule has 2 heterocycles. The van der Waals surface area contributed by atoms with E-state index in [2.05, 4.69) is 9.88 Å². The molecule has 28 heavy (non-hydrogen) atoms. The van der Waals surface area contributed by atoms with Gasteiger partial charge in [0.1, 0.15) is 11.4 Å². The average molecular weight is 404 g/mol. The lowest BCUT2D eigenvalue weighted by Crippen LogP contribution is -2.46. The summed E-state index contributed by atoms with van der Waals surface area (Å²) in [5, 5.41) is 9.36. The van der Waals surface area contributed by atoms with Crippen molar-refractivity contribution in [1.29, 1.82) is 0 Å². The zero-order valence-electron chi connectivity index (χ0n) is 15.9. The van der Waals surface area contributed by atoms with Gasteiger partial charge in [-0.15, -0.1) is 0 Å². The number of carboxylic acid groups (broad SMARTS) is 1. The Kier molecular flexibility index (Phi) is 5.97. The Morgan fingerprint density at radius 2 is 1.79 bits per heavy atom. The van der Waals surface area contributed by atoms with E-state index in [1.807, 2.05) is 17.0 Å². The molecule has 1 fully saturated rings. The van der Waals surface area contributed by atoms with E-state index in [0.29, 0.717) is 43.4 Å². The first kappa shape index (κ1) is 20.2. The zero-order chi connectivity index (χ0) is 20.3. The minimum atomic E-state index is -3.51. The number of piperazine rings is 1. The number of aromatic nitrogens is 1. The second kappa shape index (κ2) is 8.26. The summed E-state index contributed by atoms with van der Waals surface area (Å²) in [5.74, 6) is -0.515. The normalized spacial score (nSPS) is 15.8. The molecule has 1 aliphatic heterocycles. The van der Waals surface area contributed by atoms with Gasteiger partial charge in [0.05, 0.1) is 4.90 Å². The summed E-state index contributed by atoms with van der Waals surface area (Å²) in [6.07, 6.45) is 1.59. The van der Waals surface area contributed by atoms with E-state index < -0.39 is 16.0 Å². The average Bonchev–Trinajstić information content (AvgIpc) is 2.69. The Hall–Kier alpha value is -2.49. The smallest absolute Gasteiger partial charge is 0.339 e. The number of anilines is 1. The zero-order valence-corrected chi connectivity index (χ0v) is 16.8. The minimum absolute atomic E-state index is 0.193. The summed E-state index contributed by atoms with van der Waals surface area (Å²) in [7, 11) is -0.455. The van der Waals surface area contributed by atoms with Crippen LogP contribution in [-0.2, 0) is 16.6 Å². The van der Waals surface area contributed by atoms with Gasteiger partial charge >= 0.3 is 5.97 Å². The van der Waals surface area contributed by atoms with Crippen LogP contribution in [0.4, 0.5) is 5.82 Å². The van der Waals surface area contributed by atoms with Gasteiger partial charge in [-0.25, -0.2) is 22.5 Å². The predicted molar refractivity (Wildman–Crippen MR) is 106 cm³/mol. The van der Waals surface area contributed by atoms with Gasteiger partial charge in [-0.1, -0.05) is 18.2 Å². The number of carbonyl (C=O) groups is 1. The SMILES string of the molecule is CN(C)S(=O)(=O)c1ccccc1CN1CCN(c2ncccc2C(=O)O)CC1. The van der Waals surface area contributed by atoms with Crippen LogP contribution in [0.25, 0.3) is 0 Å². The Bertz CT molecular complexity index is 954. The van der Waals surface area contributed by atoms with Crippen molar-refractivity contribution in [3.63, 3.8) is 0 Å². The third-order valence-corrected chi connectivity index (χ3v) is 6.73. The van der Waals surface area contributed by atoms with Crippen molar-refractivity contribution < 1.29 is 18.3 Å². The molecule has 3 rings (SSSR count). The lowest BCUT2D eigenvalue weighted by molar-refractivity contribution is 0.0697. The molecule has 0 aliphatic carbocycles. The number of nitrogens with zero attached hydrogens (tertiary/aromatic N) is 4. The predicted octanol–water partition coefficient (Wildman–Crippen LogP) is 1.35. The van der Waals surface area contributed by atoms with Crippen molar-refractivity contribution in [3.05, 3.63) is 53.7 Å². The molecule has 0 atom stereocenters. The number of aromatic carboxylic acids is 1. The maximum atomic E-state index is 12.6. The molecule has 0 bridgehead atoms. The molecule has 0 amide bonds. The first-order valence-electron chi connectivity index (χ1n) is 8.96. The summed E-state index contributed by atoms with van der Waals surface area (Å²) in [6.45, 7) is 3.14. The van der Waals surface area contributed by atoms with Crippen molar-refractivity contribution in [2.24, 2.45) is 0 Å². The molecule has 150 valence electrons. The van der Waals surface area contributed by atoms with Gasteiger partial charge < -0.3 is 10.0 Å². The molecule has 0 radical (unpaired) electrons. The first-order valence-corrected chi connectivity index (χ1v) is 10.4. The number of pyridine rings is 1. The second-order valence-electron chi connectivity index (χ2n) is 6.84. The summed E-state index contributed by atoms with van der Waals surface area (Å²) < 4.78 is 26.4. The maximum absolute atomic E-state index is 12.6. The fourth-order valence-corrected chi connectivity index (χ4v) is 4.37. The van der Waals surface area contributed by atoms with Crippen molar-refractivity contribution in [3.8, 4) is 0 Å². The minimum Gasteiger partial charge on any atom is -0.478 e. The first-order chi connectivity index (χ1) is 13.3. The Morgan fingerprint density at radius 3 is 2.43 bits per heavy atom. The van der Waals surface area contributed by atoms with Crippen LogP contribution in [0.5, 0.6) is 0 Å². The van der Waals surface area contributed by atoms with Crippen molar-refractivity contribution in [2.75, 3.05) is 45.2 Å². The van der Waals surface area contributed by atoms with Gasteiger partial charge in [0.15, 0.2) is 0 Å². The molecule has 1 saturated heterocycles. The van der Waals surface area contributed by atoms with Crippen molar-refractivity contribution in [1.82, 2.24) is 14.2 Å². The van der Waals surface area contributed by atoms with Crippen LogP contribution in [0.1, 0.15) is 15.9 Å². The van der Waals surface area contributed by atoms with E-state index in [9.17, 15) is 18.3 Å². The van der Waals surface area contributed by atoms with Crippen molar-refractivity contribution in [2.45, 2.75) is 11.4 Å². The fourth-order valence-electron chi connectivity index (χ4n) is 3.26. The molecule has 1 aliphatic rings. The summed E-state index contributed by atoms with van der Waals surface area (Å²) in [4.78, 5) is 20.1. The van der Waals surface area contributed by atoms with E-state index in [1.165, 1.54) is 18.4 Å². The summed E-state index contributed by atoms with van der Waals surface area (Å²) >= 11 is 0. The number of hydrogen-bond donors (Lipinski definition) is 1. The standard InChI is InChI=1S/C19H24N4O4S/c1-21(2)28(26,27)17-8-4-3-6-15(17)14-22-10-12-23(13-11-22)18-16(19(24)25)7-5-9-20-18/h3-9H,10-14H2,1-2H3,(H,24,25). The highest BCUT2D eigenvalue weighted by Gasteiger charge is 2.25. The van der Waals surface area contributed by atoms with Crippen LogP contribution < -0.4 is 4.90 Å². The molecular formula is C19H24N4O4S. The van der Waals surface area contributed by atoms with E-state index in [4.69, 9.17) is 0 Å². The van der Waals surface area contributed by atoms with E-state index in [0.717, 1.165) is 5.56 Å². The third-order valence-electron chi connectivity index (χ3n) is 4.81. The largest absolute Gasteiger partial charge is 0.478 e. The van der Waals surface area contributed by atoms with Gasteiger partial charge in [-0.05, 0) is 23.8 Å². The molecule has 9 heteroatoms. The summed E-state index contributed by atoms with van der Waals surface area (Å²) in [5.41, 5.74) is 0.951. The van der Waals surface area contributed by atoms with Crippen LogP contribution in [-0.4, -0.2) is 74.0 Å². The molecule has 2 aromatic rings. The second-order valence-corrected chi connectivity index (χ2v) is 8.96. The number of carboxylic acids is 1.